The van der Waals surface area contributed by atoms with Crippen molar-refractivity contribution in [2.24, 2.45) is 12.5 Å². The number of fused-ring (bicyclic) bond motifs is 1. The van der Waals surface area contributed by atoms with Crippen molar-refractivity contribution in [3.63, 3.8) is 0 Å². The molecule has 1 aliphatic carbocycles. The first-order chi connectivity index (χ1) is 11.2. The van der Waals surface area contributed by atoms with Gasteiger partial charge in [0.05, 0.1) is 12.1 Å². The van der Waals surface area contributed by atoms with Gasteiger partial charge in [-0.2, -0.15) is 0 Å². The number of aromatic nitrogens is 1. The van der Waals surface area contributed by atoms with Gasteiger partial charge in [-0.15, -0.1) is 0 Å². The first-order valence-corrected chi connectivity index (χ1v) is 8.24. The first kappa shape index (κ1) is 16.6. The van der Waals surface area contributed by atoms with Gasteiger partial charge in [0.25, 0.3) is 5.91 Å². The van der Waals surface area contributed by atoms with Crippen molar-refractivity contribution in [3.05, 3.63) is 46.2 Å². The molecule has 5 nitrogen and oxygen atoms in total. The lowest BCUT2D eigenvalue weighted by Crippen LogP contribution is -2.26. The molecule has 5 heteroatoms. The summed E-state index contributed by atoms with van der Waals surface area (Å²) in [6.45, 7) is 8.32. The van der Waals surface area contributed by atoms with Crippen LogP contribution in [0.4, 0.5) is 0 Å². The minimum Gasteiger partial charge on any atom is -0.455 e. The molecule has 0 saturated heterocycles. The van der Waals surface area contributed by atoms with Crippen molar-refractivity contribution in [3.8, 4) is 0 Å². The number of hydrogen-bond donors (Lipinski definition) is 1. The summed E-state index contributed by atoms with van der Waals surface area (Å²) >= 11 is 0. The summed E-state index contributed by atoms with van der Waals surface area (Å²) in [5.74, 6) is 0.705. The predicted octanol–water partition coefficient (Wildman–Crippen LogP) is 3.32. The van der Waals surface area contributed by atoms with Gasteiger partial charge >= 0.3 is 0 Å². The number of rotatable bonds is 3. The van der Waals surface area contributed by atoms with Gasteiger partial charge in [0.15, 0.2) is 11.5 Å². The zero-order valence-electron chi connectivity index (χ0n) is 14.9. The SMILES string of the molecule is Cc1c(C(=O)NCc2ccc(C)n2C)oc2c1C(=O)CC(C)(C)C2. The van der Waals surface area contributed by atoms with Crippen molar-refractivity contribution >= 4 is 11.7 Å². The fourth-order valence-electron chi connectivity index (χ4n) is 3.39. The molecule has 2 aromatic rings. The Kier molecular flexibility index (Phi) is 3.90. The summed E-state index contributed by atoms with van der Waals surface area (Å²) in [4.78, 5) is 24.9. The number of carbonyl (C=O) groups excluding carboxylic acids is 2. The van der Waals surface area contributed by atoms with Gasteiger partial charge in [-0.25, -0.2) is 0 Å². The second kappa shape index (κ2) is 5.65. The van der Waals surface area contributed by atoms with Crippen LogP contribution in [0.3, 0.4) is 0 Å². The van der Waals surface area contributed by atoms with Crippen molar-refractivity contribution in [1.29, 1.82) is 0 Å². The number of carbonyl (C=O) groups is 2. The highest BCUT2D eigenvalue weighted by Gasteiger charge is 2.37. The van der Waals surface area contributed by atoms with Gasteiger partial charge in [-0.3, -0.25) is 9.59 Å². The van der Waals surface area contributed by atoms with Crippen molar-refractivity contribution in [2.45, 2.75) is 47.1 Å². The smallest absolute Gasteiger partial charge is 0.287 e. The van der Waals surface area contributed by atoms with Crippen molar-refractivity contribution < 1.29 is 14.0 Å². The molecule has 0 aromatic carbocycles. The molecule has 1 aliphatic rings. The van der Waals surface area contributed by atoms with Crippen molar-refractivity contribution in [1.82, 2.24) is 9.88 Å². The third-order valence-corrected chi connectivity index (χ3v) is 4.89. The van der Waals surface area contributed by atoms with Crippen LogP contribution in [0.1, 0.15) is 63.9 Å². The fraction of sp³-hybridized carbons (Fsp3) is 0.474. The molecule has 0 saturated carbocycles. The Labute approximate surface area is 142 Å². The lowest BCUT2D eigenvalue weighted by atomic mass is 9.76. The zero-order valence-corrected chi connectivity index (χ0v) is 14.9. The Bertz CT molecular complexity index is 824. The summed E-state index contributed by atoms with van der Waals surface area (Å²) in [6, 6.07) is 4.00. The summed E-state index contributed by atoms with van der Waals surface area (Å²) in [7, 11) is 1.97. The molecular formula is C19H24N2O3. The normalized spacial score (nSPS) is 16.1. The average molecular weight is 328 g/mol. The maximum atomic E-state index is 12.5. The Morgan fingerprint density at radius 2 is 2.00 bits per heavy atom. The van der Waals surface area contributed by atoms with Crippen LogP contribution in [0, 0.1) is 19.3 Å². The van der Waals surface area contributed by atoms with E-state index in [0.29, 0.717) is 36.3 Å². The van der Waals surface area contributed by atoms with E-state index in [-0.39, 0.29) is 22.9 Å². The third kappa shape index (κ3) is 2.79. The highest BCUT2D eigenvalue weighted by molar-refractivity contribution is 6.03. The fourth-order valence-corrected chi connectivity index (χ4v) is 3.39. The van der Waals surface area contributed by atoms with E-state index in [1.807, 2.05) is 44.5 Å². The molecule has 0 aliphatic heterocycles. The van der Waals surface area contributed by atoms with E-state index in [9.17, 15) is 9.59 Å². The van der Waals surface area contributed by atoms with Gasteiger partial charge < -0.3 is 14.3 Å². The van der Waals surface area contributed by atoms with Crippen LogP contribution in [-0.4, -0.2) is 16.3 Å². The van der Waals surface area contributed by atoms with Gasteiger partial charge in [0.2, 0.25) is 0 Å². The molecule has 2 heterocycles. The van der Waals surface area contributed by atoms with E-state index in [4.69, 9.17) is 4.42 Å². The topological polar surface area (TPSA) is 64.2 Å². The van der Waals surface area contributed by atoms with Crippen LogP contribution in [0.25, 0.3) is 0 Å². The number of nitrogens with one attached hydrogen (secondary N) is 1. The Morgan fingerprint density at radius 3 is 2.62 bits per heavy atom. The average Bonchev–Trinajstić information content (AvgIpc) is 2.97. The first-order valence-electron chi connectivity index (χ1n) is 8.24. The molecule has 0 radical (unpaired) electrons. The minimum atomic E-state index is -0.272. The zero-order chi connectivity index (χ0) is 17.6. The summed E-state index contributed by atoms with van der Waals surface area (Å²) in [5, 5.41) is 2.89. The molecule has 24 heavy (non-hydrogen) atoms. The molecule has 0 spiro atoms. The molecule has 0 bridgehead atoms. The quantitative estimate of drug-likeness (QED) is 0.940. The van der Waals surface area contributed by atoms with E-state index >= 15 is 0 Å². The number of furan rings is 1. The highest BCUT2D eigenvalue weighted by Crippen LogP contribution is 2.38. The van der Waals surface area contributed by atoms with E-state index in [0.717, 1.165) is 11.4 Å². The Hall–Kier alpha value is -2.30. The largest absolute Gasteiger partial charge is 0.455 e. The molecule has 128 valence electrons. The second-order valence-electron chi connectivity index (χ2n) is 7.50. The Balaban J connectivity index is 1.82. The molecule has 1 N–H and O–H groups in total. The van der Waals surface area contributed by atoms with E-state index in [2.05, 4.69) is 5.32 Å². The summed E-state index contributed by atoms with van der Waals surface area (Å²) in [5.41, 5.74) is 3.30. The molecule has 0 fully saturated rings. The number of ketones is 1. The Morgan fingerprint density at radius 1 is 1.29 bits per heavy atom. The molecular weight excluding hydrogens is 304 g/mol. The van der Waals surface area contributed by atoms with Crippen LogP contribution in [0.15, 0.2) is 16.5 Å². The van der Waals surface area contributed by atoms with Gasteiger partial charge in [-0.1, -0.05) is 13.8 Å². The summed E-state index contributed by atoms with van der Waals surface area (Å²) < 4.78 is 7.82. The lowest BCUT2D eigenvalue weighted by Gasteiger charge is -2.27. The maximum absolute atomic E-state index is 12.5. The standard InChI is InChI=1S/C19H24N2O3/c1-11-6-7-13(21(11)5)10-20-18(23)17-12(2)16-14(22)8-19(3,4)9-15(16)24-17/h6-7H,8-10H2,1-5H3,(H,20,23). The van der Waals surface area contributed by atoms with Gasteiger partial charge in [-0.05, 0) is 31.4 Å². The van der Waals surface area contributed by atoms with E-state index < -0.39 is 0 Å². The van der Waals surface area contributed by atoms with Crippen LogP contribution in [-0.2, 0) is 20.0 Å². The van der Waals surface area contributed by atoms with E-state index in [1.165, 1.54) is 0 Å². The van der Waals surface area contributed by atoms with Crippen LogP contribution >= 0.6 is 0 Å². The van der Waals surface area contributed by atoms with Crippen LogP contribution < -0.4 is 5.32 Å². The lowest BCUT2D eigenvalue weighted by molar-refractivity contribution is 0.0888. The second-order valence-corrected chi connectivity index (χ2v) is 7.50. The number of aryl methyl sites for hydroxylation is 1. The monoisotopic (exact) mass is 328 g/mol. The van der Waals surface area contributed by atoms with Crippen LogP contribution in [0.2, 0.25) is 0 Å². The minimum absolute atomic E-state index is 0.0691. The number of Topliss-reactive ketones (excluding diaryl/α,β-unsaturated/α-hetero) is 1. The van der Waals surface area contributed by atoms with Gasteiger partial charge in [0, 0.05) is 36.8 Å². The molecule has 1 amide bonds. The van der Waals surface area contributed by atoms with Gasteiger partial charge in [0.1, 0.15) is 5.76 Å². The van der Waals surface area contributed by atoms with Crippen LogP contribution in [0.5, 0.6) is 0 Å². The van der Waals surface area contributed by atoms with Crippen molar-refractivity contribution in [2.75, 3.05) is 0 Å². The highest BCUT2D eigenvalue weighted by atomic mass is 16.4. The maximum Gasteiger partial charge on any atom is 0.287 e. The predicted molar refractivity (Wildman–Crippen MR) is 91.2 cm³/mol. The molecule has 3 rings (SSSR count). The number of amides is 1. The van der Waals surface area contributed by atoms with E-state index in [1.54, 1.807) is 6.92 Å². The molecule has 2 aromatic heterocycles. The summed E-state index contributed by atoms with van der Waals surface area (Å²) in [6.07, 6.45) is 1.17. The third-order valence-electron chi connectivity index (χ3n) is 4.89. The number of hydrogen-bond acceptors (Lipinski definition) is 3. The number of nitrogens with zero attached hydrogens (tertiary/aromatic N) is 1. The molecule has 0 atom stereocenters. The molecule has 0 unspecified atom stereocenters.